The predicted octanol–water partition coefficient (Wildman–Crippen LogP) is 3.01. The minimum atomic E-state index is -0.128. The maximum absolute atomic E-state index is 13.5. The van der Waals surface area contributed by atoms with Gasteiger partial charge in [-0.05, 0) is 48.9 Å². The van der Waals surface area contributed by atoms with Gasteiger partial charge in [0.1, 0.15) is 5.82 Å². The Labute approximate surface area is 95.2 Å². The number of hydrogen-bond acceptors (Lipinski definition) is 2. The van der Waals surface area contributed by atoms with Crippen LogP contribution in [0, 0.1) is 5.82 Å². The quantitative estimate of drug-likeness (QED) is 0.756. The lowest BCUT2D eigenvalue weighted by molar-refractivity contribution is 0.555. The van der Waals surface area contributed by atoms with E-state index in [4.69, 9.17) is 5.73 Å². The summed E-state index contributed by atoms with van der Waals surface area (Å²) in [6.07, 6.45) is 4.15. The first-order valence-electron chi connectivity index (χ1n) is 5.23. The van der Waals surface area contributed by atoms with Gasteiger partial charge in [0, 0.05) is 0 Å². The van der Waals surface area contributed by atoms with Crippen LogP contribution in [0.4, 0.5) is 4.39 Å². The molecular formula is C12H18FNS. The van der Waals surface area contributed by atoms with E-state index < -0.39 is 0 Å². The fourth-order valence-corrected chi connectivity index (χ4v) is 2.14. The molecule has 2 N–H and O–H groups in total. The van der Waals surface area contributed by atoms with E-state index in [9.17, 15) is 4.39 Å². The highest BCUT2D eigenvalue weighted by Crippen LogP contribution is 2.23. The highest BCUT2D eigenvalue weighted by Gasteiger charge is 2.12. The summed E-state index contributed by atoms with van der Waals surface area (Å²) in [6.45, 7) is 0.523. The van der Waals surface area contributed by atoms with Crippen molar-refractivity contribution in [3.63, 3.8) is 0 Å². The van der Waals surface area contributed by atoms with Gasteiger partial charge in [-0.2, -0.15) is 11.8 Å². The molecule has 0 aromatic heterocycles. The molecule has 0 fully saturated rings. The van der Waals surface area contributed by atoms with Gasteiger partial charge in [-0.1, -0.05) is 18.2 Å². The third-order valence-corrected chi connectivity index (χ3v) is 3.23. The first-order valence-corrected chi connectivity index (χ1v) is 6.62. The summed E-state index contributed by atoms with van der Waals surface area (Å²) in [5, 5.41) is 0. The molecule has 0 heterocycles. The fraction of sp³-hybridized carbons (Fsp3) is 0.500. The van der Waals surface area contributed by atoms with Crippen LogP contribution in [0.15, 0.2) is 24.3 Å². The molecular weight excluding hydrogens is 209 g/mol. The van der Waals surface area contributed by atoms with Gasteiger partial charge in [0.05, 0.1) is 0 Å². The Morgan fingerprint density at radius 1 is 1.40 bits per heavy atom. The van der Waals surface area contributed by atoms with E-state index in [1.54, 1.807) is 6.07 Å². The van der Waals surface area contributed by atoms with Crippen LogP contribution < -0.4 is 5.73 Å². The number of rotatable bonds is 6. The Morgan fingerprint density at radius 3 is 2.73 bits per heavy atom. The second-order valence-electron chi connectivity index (χ2n) is 3.59. The molecule has 1 atom stereocenters. The van der Waals surface area contributed by atoms with Crippen LogP contribution in [0.5, 0.6) is 0 Å². The van der Waals surface area contributed by atoms with Crippen molar-refractivity contribution in [2.45, 2.75) is 18.8 Å². The summed E-state index contributed by atoms with van der Waals surface area (Å²) in [7, 11) is 0. The first kappa shape index (κ1) is 12.5. The van der Waals surface area contributed by atoms with Crippen LogP contribution in [-0.4, -0.2) is 18.6 Å². The third kappa shape index (κ3) is 3.84. The van der Waals surface area contributed by atoms with Crippen molar-refractivity contribution in [2.75, 3.05) is 18.6 Å². The summed E-state index contributed by atoms with van der Waals surface area (Å²) in [5.74, 6) is 1.15. The molecule has 15 heavy (non-hydrogen) atoms. The van der Waals surface area contributed by atoms with Crippen molar-refractivity contribution in [1.29, 1.82) is 0 Å². The first-order chi connectivity index (χ1) is 7.29. The average Bonchev–Trinajstić information content (AvgIpc) is 2.26. The molecule has 0 aliphatic carbocycles. The van der Waals surface area contributed by atoms with Crippen molar-refractivity contribution >= 4 is 11.8 Å². The molecule has 0 amide bonds. The minimum absolute atomic E-state index is 0.128. The van der Waals surface area contributed by atoms with Crippen molar-refractivity contribution < 1.29 is 4.39 Å². The van der Waals surface area contributed by atoms with Crippen molar-refractivity contribution in [3.8, 4) is 0 Å². The molecule has 3 heteroatoms. The fourth-order valence-electron chi connectivity index (χ4n) is 1.68. The summed E-state index contributed by atoms with van der Waals surface area (Å²) >= 11 is 1.82. The topological polar surface area (TPSA) is 26.0 Å². The Kier molecular flexibility index (Phi) is 5.73. The van der Waals surface area contributed by atoms with Gasteiger partial charge in [-0.3, -0.25) is 0 Å². The zero-order chi connectivity index (χ0) is 11.1. The highest BCUT2D eigenvalue weighted by molar-refractivity contribution is 7.98. The van der Waals surface area contributed by atoms with Crippen LogP contribution in [0.1, 0.15) is 24.3 Å². The van der Waals surface area contributed by atoms with E-state index in [2.05, 4.69) is 6.26 Å². The lowest BCUT2D eigenvalue weighted by Crippen LogP contribution is -2.14. The zero-order valence-corrected chi connectivity index (χ0v) is 9.90. The maximum Gasteiger partial charge on any atom is 0.126 e. The third-order valence-electron chi connectivity index (χ3n) is 2.53. The average molecular weight is 227 g/mol. The van der Waals surface area contributed by atoms with E-state index in [1.807, 2.05) is 23.9 Å². The van der Waals surface area contributed by atoms with Gasteiger partial charge in [0.2, 0.25) is 0 Å². The molecule has 1 rings (SSSR count). The Hall–Kier alpha value is -0.540. The lowest BCUT2D eigenvalue weighted by Gasteiger charge is -2.15. The minimum Gasteiger partial charge on any atom is -0.330 e. The maximum atomic E-state index is 13.5. The smallest absolute Gasteiger partial charge is 0.126 e. The van der Waals surface area contributed by atoms with E-state index in [0.717, 1.165) is 24.2 Å². The van der Waals surface area contributed by atoms with Crippen LogP contribution in [0.25, 0.3) is 0 Å². The summed E-state index contributed by atoms with van der Waals surface area (Å²) < 4.78 is 13.5. The molecule has 1 aromatic carbocycles. The number of benzene rings is 1. The van der Waals surface area contributed by atoms with Crippen molar-refractivity contribution in [2.24, 2.45) is 5.73 Å². The summed E-state index contributed by atoms with van der Waals surface area (Å²) in [5.41, 5.74) is 6.45. The van der Waals surface area contributed by atoms with Gasteiger partial charge in [-0.25, -0.2) is 4.39 Å². The number of nitrogens with two attached hydrogens (primary N) is 1. The van der Waals surface area contributed by atoms with Gasteiger partial charge in [0.15, 0.2) is 0 Å². The van der Waals surface area contributed by atoms with Crippen LogP contribution >= 0.6 is 11.8 Å². The Balaban J connectivity index is 2.61. The van der Waals surface area contributed by atoms with E-state index in [0.29, 0.717) is 6.54 Å². The molecule has 1 aromatic rings. The SMILES string of the molecule is CSCCCC(CN)c1ccccc1F. The van der Waals surface area contributed by atoms with Gasteiger partial charge in [-0.15, -0.1) is 0 Å². The zero-order valence-electron chi connectivity index (χ0n) is 9.08. The van der Waals surface area contributed by atoms with E-state index >= 15 is 0 Å². The standard InChI is InChI=1S/C12H18FNS/c1-15-8-4-5-10(9-14)11-6-2-3-7-12(11)13/h2-3,6-7,10H,4-5,8-9,14H2,1H3. The van der Waals surface area contributed by atoms with Gasteiger partial charge >= 0.3 is 0 Å². The van der Waals surface area contributed by atoms with Crippen LogP contribution in [-0.2, 0) is 0 Å². The molecule has 0 spiro atoms. The highest BCUT2D eigenvalue weighted by atomic mass is 32.2. The van der Waals surface area contributed by atoms with Crippen LogP contribution in [0.3, 0.4) is 0 Å². The molecule has 84 valence electrons. The summed E-state index contributed by atoms with van der Waals surface area (Å²) in [6, 6.07) is 6.93. The van der Waals surface area contributed by atoms with Crippen molar-refractivity contribution in [1.82, 2.24) is 0 Å². The second kappa shape index (κ2) is 6.85. The molecule has 0 saturated heterocycles. The monoisotopic (exact) mass is 227 g/mol. The molecule has 0 aliphatic heterocycles. The molecule has 0 aliphatic rings. The number of halogens is 1. The van der Waals surface area contributed by atoms with Gasteiger partial charge < -0.3 is 5.73 Å². The predicted molar refractivity (Wildman–Crippen MR) is 65.8 cm³/mol. The molecule has 0 bridgehead atoms. The molecule has 1 nitrogen and oxygen atoms in total. The van der Waals surface area contributed by atoms with Crippen LogP contribution in [0.2, 0.25) is 0 Å². The van der Waals surface area contributed by atoms with Gasteiger partial charge in [0.25, 0.3) is 0 Å². The Morgan fingerprint density at radius 2 is 2.13 bits per heavy atom. The molecule has 0 radical (unpaired) electrons. The number of hydrogen-bond donors (Lipinski definition) is 1. The number of thioether (sulfide) groups is 1. The normalized spacial score (nSPS) is 12.7. The molecule has 0 saturated carbocycles. The largest absolute Gasteiger partial charge is 0.330 e. The summed E-state index contributed by atoms with van der Waals surface area (Å²) in [4.78, 5) is 0. The Bertz CT molecular complexity index is 291. The lowest BCUT2D eigenvalue weighted by atomic mass is 9.94. The molecule has 1 unspecified atom stereocenters. The van der Waals surface area contributed by atoms with E-state index in [1.165, 1.54) is 6.07 Å². The van der Waals surface area contributed by atoms with E-state index in [-0.39, 0.29) is 11.7 Å². The second-order valence-corrected chi connectivity index (χ2v) is 4.57. The van der Waals surface area contributed by atoms with Crippen molar-refractivity contribution in [3.05, 3.63) is 35.6 Å².